The quantitative estimate of drug-likeness (QED) is 0.554. The Morgan fingerprint density at radius 1 is 1.14 bits per heavy atom. The molecule has 1 aromatic carbocycles. The number of carboxylic acid groups (broad SMARTS) is 1. The lowest BCUT2D eigenvalue weighted by atomic mass is 9.72. The number of nitrogens with one attached hydrogen (secondary N) is 1. The normalized spacial score (nSPS) is 24.2. The van der Waals surface area contributed by atoms with Crippen LogP contribution in [0.2, 0.25) is 0 Å². The molecule has 0 bridgehead atoms. The summed E-state index contributed by atoms with van der Waals surface area (Å²) in [6, 6.07) is 7.54. The van der Waals surface area contributed by atoms with Crippen LogP contribution >= 0.6 is 0 Å². The molecule has 2 atom stereocenters. The number of carbonyl (C=O) groups excluding carboxylic acids is 1. The first-order valence-corrected chi connectivity index (χ1v) is 13.2. The number of aromatic carboxylic acids is 1. The Hall–Kier alpha value is -3.23. The van der Waals surface area contributed by atoms with Crippen molar-refractivity contribution in [2.45, 2.75) is 64.2 Å². The number of aromatic amines is 1. The number of ether oxygens (including phenoxy) is 1. The minimum absolute atomic E-state index is 0.0630. The lowest BCUT2D eigenvalue weighted by molar-refractivity contribution is -0.0826. The molecule has 37 heavy (non-hydrogen) atoms. The summed E-state index contributed by atoms with van der Waals surface area (Å²) in [5.41, 5.74) is 3.43. The summed E-state index contributed by atoms with van der Waals surface area (Å²) in [6.45, 7) is 12.4. The molecule has 8 nitrogen and oxygen atoms in total. The average Bonchev–Trinajstić information content (AvgIpc) is 3.27. The molecule has 0 saturated carbocycles. The van der Waals surface area contributed by atoms with Gasteiger partial charge in [-0.2, -0.15) is 0 Å². The maximum atomic E-state index is 13.6. The van der Waals surface area contributed by atoms with E-state index in [0.717, 1.165) is 61.5 Å². The van der Waals surface area contributed by atoms with Crippen molar-refractivity contribution in [1.29, 1.82) is 0 Å². The zero-order chi connectivity index (χ0) is 26.1. The number of anilines is 1. The van der Waals surface area contributed by atoms with Gasteiger partial charge in [0.25, 0.3) is 0 Å². The molecule has 2 aromatic heterocycles. The van der Waals surface area contributed by atoms with E-state index < -0.39 is 11.4 Å². The van der Waals surface area contributed by atoms with Gasteiger partial charge in [-0.15, -0.1) is 0 Å². The Labute approximate surface area is 216 Å². The van der Waals surface area contributed by atoms with Gasteiger partial charge in [0.1, 0.15) is 5.82 Å². The van der Waals surface area contributed by atoms with Gasteiger partial charge in [0.05, 0.1) is 23.3 Å². The number of morpholine rings is 1. The van der Waals surface area contributed by atoms with Gasteiger partial charge in [-0.05, 0) is 50.5 Å². The third-order valence-electron chi connectivity index (χ3n) is 8.46. The summed E-state index contributed by atoms with van der Waals surface area (Å²) < 4.78 is 5.92. The van der Waals surface area contributed by atoms with Crippen molar-refractivity contribution in [3.8, 4) is 0 Å². The molecular formula is C29H34N4O4. The number of piperidine rings is 1. The highest BCUT2D eigenvalue weighted by Gasteiger charge is 2.41. The fourth-order valence-corrected chi connectivity index (χ4v) is 6.60. The van der Waals surface area contributed by atoms with Gasteiger partial charge in [-0.3, -0.25) is 9.69 Å². The number of fused-ring (bicyclic) bond motifs is 4. The Bertz CT molecular complexity index is 1390. The van der Waals surface area contributed by atoms with E-state index in [1.807, 2.05) is 0 Å². The molecule has 2 saturated heterocycles. The van der Waals surface area contributed by atoms with Crippen molar-refractivity contribution in [3.63, 3.8) is 0 Å². The van der Waals surface area contributed by atoms with E-state index in [1.54, 1.807) is 24.4 Å². The second-order valence-electron chi connectivity index (χ2n) is 11.4. The molecule has 2 fully saturated rings. The molecule has 2 N–H and O–H groups in total. The zero-order valence-electron chi connectivity index (χ0n) is 21.9. The Morgan fingerprint density at radius 2 is 1.84 bits per heavy atom. The molecule has 0 unspecified atom stereocenters. The van der Waals surface area contributed by atoms with E-state index in [1.165, 1.54) is 0 Å². The number of carbonyl (C=O) groups is 2. The van der Waals surface area contributed by atoms with Crippen molar-refractivity contribution < 1.29 is 19.4 Å². The van der Waals surface area contributed by atoms with Gasteiger partial charge in [-0.1, -0.05) is 19.9 Å². The van der Waals surface area contributed by atoms with E-state index in [0.29, 0.717) is 22.7 Å². The number of ketones is 1. The fourth-order valence-electron chi connectivity index (χ4n) is 6.60. The van der Waals surface area contributed by atoms with Crippen LogP contribution in [0.1, 0.15) is 78.1 Å². The number of pyridine rings is 1. The van der Waals surface area contributed by atoms with E-state index in [4.69, 9.17) is 9.72 Å². The molecule has 3 aliphatic rings. The minimum atomic E-state index is -0.987. The predicted molar refractivity (Wildman–Crippen MR) is 142 cm³/mol. The van der Waals surface area contributed by atoms with Crippen LogP contribution in [0.5, 0.6) is 0 Å². The first-order chi connectivity index (χ1) is 17.6. The Kier molecular flexibility index (Phi) is 5.65. The van der Waals surface area contributed by atoms with Gasteiger partial charge in [0.2, 0.25) is 0 Å². The van der Waals surface area contributed by atoms with Crippen LogP contribution in [-0.4, -0.2) is 76.2 Å². The van der Waals surface area contributed by atoms with E-state index in [9.17, 15) is 14.7 Å². The number of hydrogen-bond donors (Lipinski definition) is 2. The lowest BCUT2D eigenvalue weighted by Gasteiger charge is -2.44. The molecule has 1 aliphatic carbocycles. The molecule has 8 heteroatoms. The Morgan fingerprint density at radius 3 is 2.51 bits per heavy atom. The zero-order valence-corrected chi connectivity index (χ0v) is 21.9. The van der Waals surface area contributed by atoms with Crippen LogP contribution in [0.25, 0.3) is 10.9 Å². The van der Waals surface area contributed by atoms with Gasteiger partial charge >= 0.3 is 5.97 Å². The molecule has 2 aliphatic heterocycles. The van der Waals surface area contributed by atoms with Gasteiger partial charge in [0.15, 0.2) is 5.78 Å². The number of aromatic nitrogens is 2. The molecule has 0 spiro atoms. The van der Waals surface area contributed by atoms with Crippen molar-refractivity contribution in [2.75, 3.05) is 31.1 Å². The summed E-state index contributed by atoms with van der Waals surface area (Å²) in [6.07, 6.45) is 4.44. The van der Waals surface area contributed by atoms with E-state index >= 15 is 0 Å². The number of hydrogen-bond acceptors (Lipinski definition) is 6. The third kappa shape index (κ3) is 3.94. The second-order valence-corrected chi connectivity index (χ2v) is 11.4. The second kappa shape index (κ2) is 8.67. The van der Waals surface area contributed by atoms with Crippen LogP contribution < -0.4 is 4.90 Å². The van der Waals surface area contributed by atoms with Crippen LogP contribution in [0, 0.1) is 0 Å². The number of benzene rings is 1. The summed E-state index contributed by atoms with van der Waals surface area (Å²) in [5, 5.41) is 10.2. The van der Waals surface area contributed by atoms with Crippen LogP contribution in [0.3, 0.4) is 0 Å². The molecule has 0 amide bonds. The fraction of sp³-hybridized carbons (Fsp3) is 0.483. The summed E-state index contributed by atoms with van der Waals surface area (Å²) >= 11 is 0. The third-order valence-corrected chi connectivity index (χ3v) is 8.46. The van der Waals surface area contributed by atoms with E-state index in [-0.39, 0.29) is 23.6 Å². The van der Waals surface area contributed by atoms with Crippen molar-refractivity contribution in [3.05, 3.63) is 58.4 Å². The van der Waals surface area contributed by atoms with Crippen molar-refractivity contribution in [1.82, 2.24) is 14.9 Å². The first-order valence-electron chi connectivity index (χ1n) is 13.2. The number of nitrogens with zero attached hydrogens (tertiary/aromatic N) is 3. The molecule has 0 radical (unpaired) electrons. The van der Waals surface area contributed by atoms with Gasteiger partial charge < -0.3 is 19.7 Å². The smallest absolute Gasteiger partial charge is 0.335 e. The maximum Gasteiger partial charge on any atom is 0.335 e. The molecular weight excluding hydrogens is 468 g/mol. The van der Waals surface area contributed by atoms with Gasteiger partial charge in [0, 0.05) is 66.0 Å². The number of rotatable bonds is 3. The number of carboxylic acids is 1. The standard InChI is InChI=1S/C29H34N4O4/c1-16-14-33(15-17(2)37-16)19-7-9-32(10-8-19)24-12-22-21(13-30-24)26(34)25-20-6-5-18(28(35)36)11-23(20)31-27(25)29(22,3)4/h5-6,11-13,16-17,19,31H,7-10,14-15H2,1-4H3,(H,35,36)/t16-,17+. The summed E-state index contributed by atoms with van der Waals surface area (Å²) in [5.74, 6) is -0.139. The monoisotopic (exact) mass is 502 g/mol. The van der Waals surface area contributed by atoms with Crippen LogP contribution in [-0.2, 0) is 10.2 Å². The maximum absolute atomic E-state index is 13.6. The molecule has 6 rings (SSSR count). The SMILES string of the molecule is C[C@@H]1CN(C2CCN(c3cc4c(cn3)C(=O)c3c([nH]c5cc(C(=O)O)ccc35)C4(C)C)CC2)C[C@H](C)O1. The average molecular weight is 503 g/mol. The Balaban J connectivity index is 1.28. The highest BCUT2D eigenvalue weighted by molar-refractivity contribution is 6.20. The molecule has 194 valence electrons. The lowest BCUT2D eigenvalue weighted by Crippen LogP contribution is -2.53. The van der Waals surface area contributed by atoms with E-state index in [2.05, 4.69) is 48.5 Å². The van der Waals surface area contributed by atoms with Crippen molar-refractivity contribution in [2.24, 2.45) is 0 Å². The highest BCUT2D eigenvalue weighted by atomic mass is 16.5. The minimum Gasteiger partial charge on any atom is -0.478 e. The van der Waals surface area contributed by atoms with Crippen LogP contribution in [0.15, 0.2) is 30.5 Å². The van der Waals surface area contributed by atoms with Crippen molar-refractivity contribution >= 4 is 28.5 Å². The molecule has 3 aromatic rings. The first kappa shape index (κ1) is 24.1. The predicted octanol–water partition coefficient (Wildman–Crippen LogP) is 4.21. The summed E-state index contributed by atoms with van der Waals surface area (Å²) in [7, 11) is 0. The topological polar surface area (TPSA) is 98.8 Å². The largest absolute Gasteiger partial charge is 0.478 e. The highest BCUT2D eigenvalue weighted by Crippen LogP contribution is 2.44. The van der Waals surface area contributed by atoms with Gasteiger partial charge in [-0.25, -0.2) is 9.78 Å². The summed E-state index contributed by atoms with van der Waals surface area (Å²) in [4.78, 5) is 38.2. The van der Waals surface area contributed by atoms with Crippen LogP contribution in [0.4, 0.5) is 5.82 Å². The number of H-pyrrole nitrogens is 1. The molecule has 4 heterocycles.